The van der Waals surface area contributed by atoms with Crippen LogP contribution in [-0.4, -0.2) is 5.78 Å². The number of halogens is 1. The molecule has 0 amide bonds. The van der Waals surface area contributed by atoms with E-state index in [1.807, 2.05) is 24.3 Å². The Balaban J connectivity index is 2.26. The van der Waals surface area contributed by atoms with E-state index in [9.17, 15) is 4.79 Å². The first kappa shape index (κ1) is 14.0. The molecule has 1 nitrogen and oxygen atoms in total. The number of hydrogen-bond donors (Lipinski definition) is 0. The standard InChI is InChI=1S/C17H17BrO/c1-11-8-12(2)16(13(3)9-11)10-17(19)14-4-6-15(18)7-5-14/h4-9H,10H2,1-3H3. The second-order valence-corrected chi connectivity index (χ2v) is 5.90. The van der Waals surface area contributed by atoms with Crippen LogP contribution in [-0.2, 0) is 6.42 Å². The summed E-state index contributed by atoms with van der Waals surface area (Å²) in [6.07, 6.45) is 0.472. The van der Waals surface area contributed by atoms with Gasteiger partial charge in [0.2, 0.25) is 0 Å². The highest BCUT2D eigenvalue weighted by Gasteiger charge is 2.11. The number of benzene rings is 2. The van der Waals surface area contributed by atoms with E-state index >= 15 is 0 Å². The van der Waals surface area contributed by atoms with Gasteiger partial charge < -0.3 is 0 Å². The Bertz CT molecular complexity index is 589. The van der Waals surface area contributed by atoms with Gasteiger partial charge in [-0.3, -0.25) is 4.79 Å². The second-order valence-electron chi connectivity index (χ2n) is 4.98. The summed E-state index contributed by atoms with van der Waals surface area (Å²) < 4.78 is 0.992. The molecular weight excluding hydrogens is 300 g/mol. The van der Waals surface area contributed by atoms with Crippen LogP contribution < -0.4 is 0 Å². The third-order valence-corrected chi connectivity index (χ3v) is 3.87. The highest BCUT2D eigenvalue weighted by molar-refractivity contribution is 9.10. The molecule has 0 radical (unpaired) electrons. The van der Waals surface area contributed by atoms with Crippen molar-refractivity contribution in [1.29, 1.82) is 0 Å². The van der Waals surface area contributed by atoms with Crippen LogP contribution in [0.25, 0.3) is 0 Å². The number of aryl methyl sites for hydroxylation is 3. The minimum absolute atomic E-state index is 0.169. The summed E-state index contributed by atoms with van der Waals surface area (Å²) in [5.41, 5.74) is 5.56. The molecule has 0 saturated heterocycles. The molecule has 0 saturated carbocycles. The van der Waals surface area contributed by atoms with E-state index in [0.717, 1.165) is 15.6 Å². The molecule has 0 aliphatic rings. The molecule has 19 heavy (non-hydrogen) atoms. The summed E-state index contributed by atoms with van der Waals surface area (Å²) in [5, 5.41) is 0. The summed E-state index contributed by atoms with van der Waals surface area (Å²) in [7, 11) is 0. The van der Waals surface area contributed by atoms with E-state index in [4.69, 9.17) is 0 Å². The highest BCUT2D eigenvalue weighted by Crippen LogP contribution is 2.19. The first-order valence-corrected chi connectivity index (χ1v) is 7.12. The van der Waals surface area contributed by atoms with Crippen molar-refractivity contribution in [2.75, 3.05) is 0 Å². The summed E-state index contributed by atoms with van der Waals surface area (Å²) in [6, 6.07) is 11.8. The van der Waals surface area contributed by atoms with Crippen LogP contribution in [0.5, 0.6) is 0 Å². The van der Waals surface area contributed by atoms with Crippen LogP contribution >= 0.6 is 15.9 Å². The SMILES string of the molecule is Cc1cc(C)c(CC(=O)c2ccc(Br)cc2)c(C)c1. The van der Waals surface area contributed by atoms with Crippen LogP contribution in [0.15, 0.2) is 40.9 Å². The number of hydrogen-bond acceptors (Lipinski definition) is 1. The molecule has 0 N–H and O–H groups in total. The molecule has 0 spiro atoms. The molecule has 0 atom stereocenters. The molecule has 2 aromatic carbocycles. The van der Waals surface area contributed by atoms with Crippen molar-refractivity contribution in [3.05, 3.63) is 68.7 Å². The fourth-order valence-electron chi connectivity index (χ4n) is 2.39. The van der Waals surface area contributed by atoms with Crippen molar-refractivity contribution < 1.29 is 4.79 Å². The number of ketones is 1. The molecule has 98 valence electrons. The number of carbonyl (C=O) groups excluding carboxylic acids is 1. The van der Waals surface area contributed by atoms with Gasteiger partial charge >= 0.3 is 0 Å². The van der Waals surface area contributed by atoms with Crippen molar-refractivity contribution in [2.45, 2.75) is 27.2 Å². The van der Waals surface area contributed by atoms with Crippen molar-refractivity contribution in [2.24, 2.45) is 0 Å². The van der Waals surface area contributed by atoms with Gasteiger partial charge in [-0.05, 0) is 49.6 Å². The largest absolute Gasteiger partial charge is 0.294 e. The topological polar surface area (TPSA) is 17.1 Å². The van der Waals surface area contributed by atoms with Gasteiger partial charge in [0.15, 0.2) is 5.78 Å². The van der Waals surface area contributed by atoms with Crippen molar-refractivity contribution >= 4 is 21.7 Å². The molecule has 2 rings (SSSR count). The predicted octanol–water partition coefficient (Wildman–Crippen LogP) is 4.80. The Labute approximate surface area is 122 Å². The maximum absolute atomic E-state index is 12.3. The first-order chi connectivity index (χ1) is 8.97. The zero-order valence-corrected chi connectivity index (χ0v) is 13.0. The van der Waals surface area contributed by atoms with Gasteiger partial charge in [0.25, 0.3) is 0 Å². The lowest BCUT2D eigenvalue weighted by Crippen LogP contribution is -2.06. The normalized spacial score (nSPS) is 10.5. The Morgan fingerprint density at radius 1 is 1.00 bits per heavy atom. The molecule has 2 aromatic rings. The number of carbonyl (C=O) groups is 1. The minimum atomic E-state index is 0.169. The van der Waals surface area contributed by atoms with E-state index in [-0.39, 0.29) is 5.78 Å². The molecule has 0 bridgehead atoms. The summed E-state index contributed by atoms with van der Waals surface area (Å²) in [5.74, 6) is 0.169. The average molecular weight is 317 g/mol. The van der Waals surface area contributed by atoms with Gasteiger partial charge in [0, 0.05) is 16.5 Å². The third kappa shape index (κ3) is 3.32. The van der Waals surface area contributed by atoms with Crippen LogP contribution in [0.1, 0.15) is 32.6 Å². The van der Waals surface area contributed by atoms with Crippen molar-refractivity contribution in [1.82, 2.24) is 0 Å². The Kier molecular flexibility index (Phi) is 4.20. The molecule has 0 heterocycles. The van der Waals surface area contributed by atoms with Gasteiger partial charge in [-0.2, -0.15) is 0 Å². The van der Waals surface area contributed by atoms with Crippen molar-refractivity contribution in [3.8, 4) is 0 Å². The quantitative estimate of drug-likeness (QED) is 0.743. The maximum Gasteiger partial charge on any atom is 0.167 e. The molecule has 0 aliphatic carbocycles. The molecule has 2 heteroatoms. The van der Waals surface area contributed by atoms with Crippen LogP contribution in [0, 0.1) is 20.8 Å². The van der Waals surface area contributed by atoms with E-state index < -0.39 is 0 Å². The smallest absolute Gasteiger partial charge is 0.167 e. The minimum Gasteiger partial charge on any atom is -0.294 e. The predicted molar refractivity (Wildman–Crippen MR) is 82.8 cm³/mol. The molecule has 0 aliphatic heterocycles. The van der Waals surface area contributed by atoms with Gasteiger partial charge in [0.05, 0.1) is 0 Å². The van der Waals surface area contributed by atoms with Gasteiger partial charge in [-0.1, -0.05) is 45.8 Å². The van der Waals surface area contributed by atoms with Crippen molar-refractivity contribution in [3.63, 3.8) is 0 Å². The van der Waals surface area contributed by atoms with Crippen LogP contribution in [0.2, 0.25) is 0 Å². The fraction of sp³-hybridized carbons (Fsp3) is 0.235. The summed E-state index contributed by atoms with van der Waals surface area (Å²) in [4.78, 5) is 12.3. The monoisotopic (exact) mass is 316 g/mol. The van der Waals surface area contributed by atoms with E-state index in [0.29, 0.717) is 6.42 Å². The fourth-order valence-corrected chi connectivity index (χ4v) is 2.65. The van der Waals surface area contributed by atoms with E-state index in [2.05, 4.69) is 48.8 Å². The van der Waals surface area contributed by atoms with Gasteiger partial charge in [-0.25, -0.2) is 0 Å². The van der Waals surface area contributed by atoms with E-state index in [1.165, 1.54) is 16.7 Å². The number of rotatable bonds is 3. The zero-order chi connectivity index (χ0) is 14.0. The molecular formula is C17H17BrO. The lowest BCUT2D eigenvalue weighted by Gasteiger charge is -2.10. The van der Waals surface area contributed by atoms with Crippen LogP contribution in [0.3, 0.4) is 0 Å². The maximum atomic E-state index is 12.3. The summed E-state index contributed by atoms with van der Waals surface area (Å²) >= 11 is 3.38. The zero-order valence-electron chi connectivity index (χ0n) is 11.5. The molecule has 0 unspecified atom stereocenters. The summed E-state index contributed by atoms with van der Waals surface area (Å²) in [6.45, 7) is 6.23. The molecule has 0 fully saturated rings. The lowest BCUT2D eigenvalue weighted by molar-refractivity contribution is 0.0992. The second kappa shape index (κ2) is 5.70. The Hall–Kier alpha value is -1.41. The average Bonchev–Trinajstić information content (AvgIpc) is 2.34. The first-order valence-electron chi connectivity index (χ1n) is 6.33. The number of Topliss-reactive ketones (excluding diaryl/α,β-unsaturated/α-hetero) is 1. The third-order valence-electron chi connectivity index (χ3n) is 3.34. The molecule has 0 aromatic heterocycles. The van der Waals surface area contributed by atoms with Crippen LogP contribution in [0.4, 0.5) is 0 Å². The Morgan fingerprint density at radius 2 is 1.53 bits per heavy atom. The lowest BCUT2D eigenvalue weighted by atomic mass is 9.94. The van der Waals surface area contributed by atoms with E-state index in [1.54, 1.807) is 0 Å². The highest BCUT2D eigenvalue weighted by atomic mass is 79.9. The van der Waals surface area contributed by atoms with Gasteiger partial charge in [-0.15, -0.1) is 0 Å². The Morgan fingerprint density at radius 3 is 2.05 bits per heavy atom. The van der Waals surface area contributed by atoms with Gasteiger partial charge in [0.1, 0.15) is 0 Å².